The molecule has 0 fully saturated rings. The van der Waals surface area contributed by atoms with Crippen molar-refractivity contribution in [2.45, 2.75) is 316 Å². The van der Waals surface area contributed by atoms with E-state index in [9.17, 15) is 43.2 Å². The SMILES string of the molecule is CC/C=C\C/C=C\C/C=C\C/C=C\C/C=C\C/C=C\CCC(=O)OCC(COP(=O)(O)OCC(O)COP(=O)(O)OCC(COC(=O)CCCCCCCC/C=C\C/C=C\C/C=C\CCCCC)OC(=O)C/C=C\C/C=C\C/C=C\C/C=C\C/C=C\CC)OC(=O)CCCCCCCCCCCCCCC. The van der Waals surface area contributed by atoms with E-state index < -0.39 is 97.5 Å². The Bertz CT molecular complexity index is 2680. The van der Waals surface area contributed by atoms with Gasteiger partial charge < -0.3 is 33.8 Å². The summed E-state index contributed by atoms with van der Waals surface area (Å²) in [4.78, 5) is 72.9. The monoisotopic (exact) mass is 1520 g/mol. The molecule has 0 saturated carbocycles. The zero-order valence-electron chi connectivity index (χ0n) is 65.8. The number of phosphoric acid groups is 2. The van der Waals surface area contributed by atoms with Gasteiger partial charge >= 0.3 is 39.5 Å². The lowest BCUT2D eigenvalue weighted by atomic mass is 10.0. The van der Waals surface area contributed by atoms with Crippen LogP contribution in [0.5, 0.6) is 0 Å². The van der Waals surface area contributed by atoms with E-state index in [0.717, 1.165) is 141 Å². The van der Waals surface area contributed by atoms with Crippen molar-refractivity contribution in [2.75, 3.05) is 39.6 Å². The number of rotatable bonds is 74. The summed E-state index contributed by atoms with van der Waals surface area (Å²) in [6.45, 7) is 4.40. The molecule has 0 aromatic carbocycles. The van der Waals surface area contributed by atoms with Gasteiger partial charge in [0.25, 0.3) is 0 Å². The van der Waals surface area contributed by atoms with E-state index in [-0.39, 0.29) is 25.7 Å². The van der Waals surface area contributed by atoms with Crippen LogP contribution in [0.2, 0.25) is 0 Å². The van der Waals surface area contributed by atoms with Crippen molar-refractivity contribution in [2.24, 2.45) is 0 Å². The highest BCUT2D eigenvalue weighted by atomic mass is 31.2. The fourth-order valence-electron chi connectivity index (χ4n) is 10.2. The molecule has 602 valence electrons. The van der Waals surface area contributed by atoms with Crippen LogP contribution in [-0.4, -0.2) is 96.7 Å². The highest BCUT2D eigenvalue weighted by molar-refractivity contribution is 7.47. The van der Waals surface area contributed by atoms with Gasteiger partial charge in [-0.05, 0) is 128 Å². The molecule has 0 saturated heterocycles. The molecule has 0 rings (SSSR count). The summed E-state index contributed by atoms with van der Waals surface area (Å²) < 4.78 is 68.4. The standard InChI is InChI=1S/C87H142O17P2/c1-5-9-13-17-21-25-29-33-36-38-40-42-45-48-51-55-59-63-67-71-84(89)97-77-82(103-86(91)73-69-65-61-57-53-47-32-28-24-20-16-12-8-4)79-101-105(93,94)99-75-81(88)76-100-106(95,96)102-80-83(104-87(92)74-70-66-62-58-54-50-44-35-31-27-23-19-15-11-7-3)78-98-85(90)72-68-64-60-56-52-49-46-43-41-39-37-34-30-26-22-18-14-10-6-2/h9,11,13,15,21-23,25-27,33-37,40-44,48,51,54,58-59,63,66,70,81-83,88H,5-8,10,12,14,16-20,24,28-32,38-39,45-47,49-50,52-53,55-57,60-62,64-65,67-69,71-80H2,1-4H3,(H,93,94)(H,95,96)/b13-9-,15-11-,25-21-,26-22-,27-23-,36-33-,37-34-,42-40-,43-41-,44-35-,51-48-,58-54-,63-59-,70-66-. The van der Waals surface area contributed by atoms with Crippen LogP contribution in [0.3, 0.4) is 0 Å². The van der Waals surface area contributed by atoms with Gasteiger partial charge in [0.1, 0.15) is 19.3 Å². The van der Waals surface area contributed by atoms with Crippen molar-refractivity contribution in [3.05, 3.63) is 170 Å². The normalized spacial score (nSPS) is 14.7. The van der Waals surface area contributed by atoms with Crippen LogP contribution in [0, 0.1) is 0 Å². The van der Waals surface area contributed by atoms with Gasteiger partial charge in [-0.3, -0.25) is 37.3 Å². The van der Waals surface area contributed by atoms with Gasteiger partial charge in [0.05, 0.1) is 32.8 Å². The molecular formula is C87H142O17P2. The average Bonchev–Trinajstić information content (AvgIpc) is 0.901. The molecule has 0 heterocycles. The van der Waals surface area contributed by atoms with Crippen molar-refractivity contribution in [3.8, 4) is 0 Å². The predicted octanol–water partition coefficient (Wildman–Crippen LogP) is 23.8. The summed E-state index contributed by atoms with van der Waals surface area (Å²) in [7, 11) is -10.0. The molecular weight excluding hydrogens is 1380 g/mol. The molecule has 5 unspecified atom stereocenters. The number of ether oxygens (including phenoxy) is 4. The van der Waals surface area contributed by atoms with E-state index in [0.29, 0.717) is 32.1 Å². The summed E-state index contributed by atoms with van der Waals surface area (Å²) in [5.74, 6) is -2.44. The molecule has 0 aromatic rings. The number of hydrogen-bond acceptors (Lipinski definition) is 15. The van der Waals surface area contributed by atoms with Crippen LogP contribution in [0.1, 0.15) is 297 Å². The third-order valence-corrected chi connectivity index (χ3v) is 18.1. The molecule has 0 aliphatic heterocycles. The van der Waals surface area contributed by atoms with Crippen LogP contribution in [-0.2, 0) is 65.4 Å². The molecule has 0 amide bonds. The van der Waals surface area contributed by atoms with E-state index in [1.807, 2.05) is 30.4 Å². The van der Waals surface area contributed by atoms with E-state index in [1.54, 1.807) is 12.2 Å². The zero-order chi connectivity index (χ0) is 77.4. The lowest BCUT2D eigenvalue weighted by molar-refractivity contribution is -0.161. The van der Waals surface area contributed by atoms with Crippen LogP contribution < -0.4 is 0 Å². The molecule has 0 bridgehead atoms. The number of carbonyl (C=O) groups excluding carboxylic acids is 4. The number of hydrogen-bond donors (Lipinski definition) is 3. The molecule has 0 spiro atoms. The second-order valence-corrected chi connectivity index (χ2v) is 29.2. The summed E-state index contributed by atoms with van der Waals surface area (Å²) in [6, 6.07) is 0. The number of aliphatic hydroxyl groups excluding tert-OH is 1. The van der Waals surface area contributed by atoms with Crippen LogP contribution >= 0.6 is 15.6 Å². The highest BCUT2D eigenvalue weighted by Crippen LogP contribution is 2.45. The maximum Gasteiger partial charge on any atom is 0.472 e. The minimum absolute atomic E-state index is 0.0305. The maximum absolute atomic E-state index is 13.1. The van der Waals surface area contributed by atoms with E-state index >= 15 is 0 Å². The molecule has 0 aliphatic rings. The van der Waals surface area contributed by atoms with Crippen LogP contribution in [0.25, 0.3) is 0 Å². The molecule has 17 nitrogen and oxygen atoms in total. The summed E-state index contributed by atoms with van der Waals surface area (Å²) >= 11 is 0. The molecule has 3 N–H and O–H groups in total. The number of aliphatic hydroxyl groups is 1. The van der Waals surface area contributed by atoms with Gasteiger partial charge in [0.2, 0.25) is 0 Å². The van der Waals surface area contributed by atoms with Crippen molar-refractivity contribution < 1.29 is 80.2 Å². The highest BCUT2D eigenvalue weighted by Gasteiger charge is 2.30. The lowest BCUT2D eigenvalue weighted by Crippen LogP contribution is -2.30. The number of carbonyl (C=O) groups is 4. The van der Waals surface area contributed by atoms with Crippen molar-refractivity contribution in [3.63, 3.8) is 0 Å². The minimum Gasteiger partial charge on any atom is -0.462 e. The molecule has 106 heavy (non-hydrogen) atoms. The summed E-state index contributed by atoms with van der Waals surface area (Å²) in [5, 5.41) is 10.6. The Balaban J connectivity index is 5.48. The average molecular weight is 1520 g/mol. The predicted molar refractivity (Wildman–Crippen MR) is 436 cm³/mol. The second kappa shape index (κ2) is 77.6. The largest absolute Gasteiger partial charge is 0.472 e. The number of phosphoric ester groups is 2. The van der Waals surface area contributed by atoms with Gasteiger partial charge in [-0.2, -0.15) is 0 Å². The van der Waals surface area contributed by atoms with Crippen molar-refractivity contribution in [1.29, 1.82) is 0 Å². The van der Waals surface area contributed by atoms with Gasteiger partial charge in [0.15, 0.2) is 12.2 Å². The van der Waals surface area contributed by atoms with Crippen molar-refractivity contribution in [1.82, 2.24) is 0 Å². The minimum atomic E-state index is -5.02. The lowest BCUT2D eigenvalue weighted by Gasteiger charge is -2.21. The molecule has 0 aliphatic carbocycles. The quantitative estimate of drug-likeness (QED) is 0.0169. The first-order valence-electron chi connectivity index (χ1n) is 40.4. The first kappa shape index (κ1) is 100. The Morgan fingerprint density at radius 2 is 0.547 bits per heavy atom. The van der Waals surface area contributed by atoms with Gasteiger partial charge in [-0.15, -0.1) is 0 Å². The molecule has 0 aromatic heterocycles. The topological polar surface area (TPSA) is 237 Å². The van der Waals surface area contributed by atoms with E-state index in [2.05, 4.69) is 155 Å². The summed E-state index contributed by atoms with van der Waals surface area (Å²) in [5.41, 5.74) is 0. The smallest absolute Gasteiger partial charge is 0.462 e. The van der Waals surface area contributed by atoms with E-state index in [1.165, 1.54) is 70.6 Å². The first-order chi connectivity index (χ1) is 51.7. The first-order valence-corrected chi connectivity index (χ1v) is 43.4. The maximum atomic E-state index is 13.1. The van der Waals surface area contributed by atoms with Gasteiger partial charge in [0, 0.05) is 19.3 Å². The van der Waals surface area contributed by atoms with Gasteiger partial charge in [-0.25, -0.2) is 9.13 Å². The van der Waals surface area contributed by atoms with E-state index in [4.69, 9.17) is 37.0 Å². The van der Waals surface area contributed by atoms with Crippen molar-refractivity contribution >= 4 is 39.5 Å². The third-order valence-electron chi connectivity index (χ3n) is 16.2. The zero-order valence-corrected chi connectivity index (χ0v) is 67.6. The fourth-order valence-corrected chi connectivity index (χ4v) is 11.7. The third kappa shape index (κ3) is 76.6. The number of allylic oxidation sites excluding steroid dienone is 27. The Labute approximate surface area is 642 Å². The fraction of sp³-hybridized carbons (Fsp3) is 0.632. The van der Waals surface area contributed by atoms with Gasteiger partial charge in [-0.1, -0.05) is 313 Å². The molecule has 0 radical (unpaired) electrons. The molecule has 19 heteroatoms. The number of unbranched alkanes of at least 4 members (excludes halogenated alkanes) is 21. The number of esters is 4. The Kier molecular flexibility index (Phi) is 73.5. The molecule has 5 atom stereocenters. The Morgan fingerprint density at radius 3 is 0.915 bits per heavy atom. The Hall–Kier alpha value is -5.58. The van der Waals surface area contributed by atoms with Crippen LogP contribution in [0.4, 0.5) is 0 Å². The van der Waals surface area contributed by atoms with Crippen LogP contribution in [0.15, 0.2) is 170 Å². The summed E-state index contributed by atoms with van der Waals surface area (Å²) in [6.07, 6.45) is 92.4. The second-order valence-electron chi connectivity index (χ2n) is 26.3. The Morgan fingerprint density at radius 1 is 0.283 bits per heavy atom.